The summed E-state index contributed by atoms with van der Waals surface area (Å²) in [7, 11) is 0. The molecular formula is C17H15ClN4O2. The standard InChI is InChI=1S/C17H15ClN4O2/c18-12-6-2-1-5-11(12)17(24)20-9-16-21-13-7-3-4-8-14(13)22(16)10-15(19)23/h1-8H,9-10H2,(H2,19,23)(H,20,24). The van der Waals surface area contributed by atoms with Crippen LogP contribution in [0.5, 0.6) is 0 Å². The molecule has 0 saturated carbocycles. The number of carbonyl (C=O) groups is 2. The number of primary amides is 1. The largest absolute Gasteiger partial charge is 0.368 e. The number of fused-ring (bicyclic) bond motifs is 1. The normalized spacial score (nSPS) is 10.7. The van der Waals surface area contributed by atoms with Crippen LogP contribution in [0.15, 0.2) is 48.5 Å². The minimum Gasteiger partial charge on any atom is -0.368 e. The molecule has 122 valence electrons. The van der Waals surface area contributed by atoms with E-state index in [9.17, 15) is 9.59 Å². The topological polar surface area (TPSA) is 90.0 Å². The molecule has 0 unspecified atom stereocenters. The van der Waals surface area contributed by atoms with Crippen molar-refractivity contribution in [2.45, 2.75) is 13.1 Å². The Balaban J connectivity index is 1.86. The first kappa shape index (κ1) is 16.0. The number of rotatable bonds is 5. The van der Waals surface area contributed by atoms with Crippen molar-refractivity contribution in [1.29, 1.82) is 0 Å². The number of imidazole rings is 1. The van der Waals surface area contributed by atoms with Gasteiger partial charge in [0.25, 0.3) is 5.91 Å². The first-order valence-electron chi connectivity index (χ1n) is 7.31. The van der Waals surface area contributed by atoms with Crippen molar-refractivity contribution < 1.29 is 9.59 Å². The van der Waals surface area contributed by atoms with E-state index in [-0.39, 0.29) is 19.0 Å². The van der Waals surface area contributed by atoms with E-state index in [4.69, 9.17) is 17.3 Å². The van der Waals surface area contributed by atoms with Crippen molar-refractivity contribution >= 4 is 34.4 Å². The fourth-order valence-corrected chi connectivity index (χ4v) is 2.71. The smallest absolute Gasteiger partial charge is 0.253 e. The Morgan fingerprint density at radius 3 is 2.58 bits per heavy atom. The van der Waals surface area contributed by atoms with E-state index in [2.05, 4.69) is 10.3 Å². The molecule has 6 nitrogen and oxygen atoms in total. The van der Waals surface area contributed by atoms with E-state index in [1.165, 1.54) is 0 Å². The molecule has 0 atom stereocenters. The van der Waals surface area contributed by atoms with Crippen LogP contribution in [0.1, 0.15) is 16.2 Å². The second-order valence-corrected chi connectivity index (χ2v) is 5.64. The van der Waals surface area contributed by atoms with Gasteiger partial charge in [0.15, 0.2) is 0 Å². The summed E-state index contributed by atoms with van der Waals surface area (Å²) in [6, 6.07) is 14.2. The van der Waals surface area contributed by atoms with Crippen molar-refractivity contribution in [2.24, 2.45) is 5.73 Å². The predicted octanol–water partition coefficient (Wildman–Crippen LogP) is 2.10. The summed E-state index contributed by atoms with van der Waals surface area (Å²) in [6.45, 7) is 0.157. The molecule has 3 aromatic rings. The SMILES string of the molecule is NC(=O)Cn1c(CNC(=O)c2ccccc2Cl)nc2ccccc21. The Morgan fingerprint density at radius 1 is 1.12 bits per heavy atom. The maximum absolute atomic E-state index is 12.3. The van der Waals surface area contributed by atoms with Crippen LogP contribution in [-0.2, 0) is 17.9 Å². The molecule has 2 aromatic carbocycles. The molecule has 3 rings (SSSR count). The summed E-state index contributed by atoms with van der Waals surface area (Å²) < 4.78 is 1.70. The highest BCUT2D eigenvalue weighted by molar-refractivity contribution is 6.33. The molecule has 24 heavy (non-hydrogen) atoms. The van der Waals surface area contributed by atoms with Gasteiger partial charge in [-0.3, -0.25) is 9.59 Å². The predicted molar refractivity (Wildman–Crippen MR) is 91.5 cm³/mol. The van der Waals surface area contributed by atoms with E-state index in [0.29, 0.717) is 16.4 Å². The molecule has 3 N–H and O–H groups in total. The average molecular weight is 343 g/mol. The Labute approximate surface area is 143 Å². The second kappa shape index (κ2) is 6.72. The molecule has 1 aromatic heterocycles. The molecule has 0 aliphatic heterocycles. The lowest BCUT2D eigenvalue weighted by molar-refractivity contribution is -0.118. The molecule has 7 heteroatoms. The molecule has 0 radical (unpaired) electrons. The zero-order valence-electron chi connectivity index (χ0n) is 12.7. The highest BCUT2D eigenvalue weighted by Gasteiger charge is 2.14. The van der Waals surface area contributed by atoms with Gasteiger partial charge in [0, 0.05) is 0 Å². The number of para-hydroxylation sites is 2. The van der Waals surface area contributed by atoms with E-state index < -0.39 is 5.91 Å². The first-order valence-corrected chi connectivity index (χ1v) is 7.69. The van der Waals surface area contributed by atoms with Crippen molar-refractivity contribution in [3.63, 3.8) is 0 Å². The van der Waals surface area contributed by atoms with Crippen LogP contribution in [0.4, 0.5) is 0 Å². The van der Waals surface area contributed by atoms with E-state index in [0.717, 1.165) is 11.0 Å². The number of hydrogen-bond donors (Lipinski definition) is 2. The third-order valence-electron chi connectivity index (χ3n) is 3.57. The van der Waals surface area contributed by atoms with Gasteiger partial charge >= 0.3 is 0 Å². The molecule has 0 saturated heterocycles. The number of carbonyl (C=O) groups excluding carboxylic acids is 2. The molecule has 0 aliphatic carbocycles. The third-order valence-corrected chi connectivity index (χ3v) is 3.90. The van der Waals surface area contributed by atoms with Gasteiger partial charge in [0.2, 0.25) is 5.91 Å². The third kappa shape index (κ3) is 3.23. The summed E-state index contributed by atoms with van der Waals surface area (Å²) in [5, 5.41) is 3.15. The van der Waals surface area contributed by atoms with Gasteiger partial charge in [-0.25, -0.2) is 4.98 Å². The summed E-state index contributed by atoms with van der Waals surface area (Å²) in [4.78, 5) is 28.1. The minimum absolute atomic E-state index is 0.00217. The van der Waals surface area contributed by atoms with Crippen LogP contribution in [0, 0.1) is 0 Å². The number of nitrogens with two attached hydrogens (primary N) is 1. The van der Waals surface area contributed by atoms with Crippen molar-refractivity contribution in [2.75, 3.05) is 0 Å². The quantitative estimate of drug-likeness (QED) is 0.744. The lowest BCUT2D eigenvalue weighted by Gasteiger charge is -2.09. The van der Waals surface area contributed by atoms with E-state index >= 15 is 0 Å². The number of benzene rings is 2. The minimum atomic E-state index is -0.475. The number of halogens is 1. The fraction of sp³-hybridized carbons (Fsp3) is 0.118. The van der Waals surface area contributed by atoms with Gasteiger partial charge in [0.05, 0.1) is 28.2 Å². The fourth-order valence-electron chi connectivity index (χ4n) is 2.49. The lowest BCUT2D eigenvalue weighted by atomic mass is 10.2. The van der Waals surface area contributed by atoms with Crippen LogP contribution in [0.2, 0.25) is 5.02 Å². The van der Waals surface area contributed by atoms with Crippen molar-refractivity contribution in [3.8, 4) is 0 Å². The summed E-state index contributed by atoms with van der Waals surface area (Å²) in [6.07, 6.45) is 0. The maximum Gasteiger partial charge on any atom is 0.253 e. The molecule has 0 spiro atoms. The first-order chi connectivity index (χ1) is 11.6. The molecule has 0 fully saturated rings. The number of hydrogen-bond acceptors (Lipinski definition) is 3. The van der Waals surface area contributed by atoms with Gasteiger partial charge in [-0.2, -0.15) is 0 Å². The monoisotopic (exact) mass is 342 g/mol. The molecule has 1 heterocycles. The number of nitrogens with zero attached hydrogens (tertiary/aromatic N) is 2. The van der Waals surface area contributed by atoms with Crippen LogP contribution < -0.4 is 11.1 Å². The van der Waals surface area contributed by atoms with Crippen LogP contribution >= 0.6 is 11.6 Å². The summed E-state index contributed by atoms with van der Waals surface area (Å²) in [5.41, 5.74) is 7.23. The Kier molecular flexibility index (Phi) is 4.48. The maximum atomic E-state index is 12.3. The highest BCUT2D eigenvalue weighted by Crippen LogP contribution is 2.17. The van der Waals surface area contributed by atoms with E-state index in [1.807, 2.05) is 24.3 Å². The van der Waals surface area contributed by atoms with Crippen LogP contribution in [0.25, 0.3) is 11.0 Å². The summed E-state index contributed by atoms with van der Waals surface area (Å²) in [5.74, 6) is -0.231. The Bertz CT molecular complexity index is 920. The van der Waals surface area contributed by atoms with Gasteiger partial charge in [-0.15, -0.1) is 0 Å². The number of aromatic nitrogens is 2. The Morgan fingerprint density at radius 2 is 1.83 bits per heavy atom. The molecule has 2 amide bonds. The second-order valence-electron chi connectivity index (χ2n) is 5.23. The number of nitrogens with one attached hydrogen (secondary N) is 1. The van der Waals surface area contributed by atoms with Crippen LogP contribution in [-0.4, -0.2) is 21.4 Å². The molecule has 0 bridgehead atoms. The highest BCUT2D eigenvalue weighted by atomic mass is 35.5. The van der Waals surface area contributed by atoms with Gasteiger partial charge < -0.3 is 15.6 Å². The van der Waals surface area contributed by atoms with Crippen LogP contribution in [0.3, 0.4) is 0 Å². The number of amides is 2. The van der Waals surface area contributed by atoms with Crippen molar-refractivity contribution in [1.82, 2.24) is 14.9 Å². The van der Waals surface area contributed by atoms with Gasteiger partial charge in [-0.05, 0) is 24.3 Å². The lowest BCUT2D eigenvalue weighted by Crippen LogP contribution is -2.27. The Hall–Kier alpha value is -2.86. The average Bonchev–Trinajstić information content (AvgIpc) is 2.90. The molecule has 0 aliphatic rings. The summed E-state index contributed by atoms with van der Waals surface area (Å²) >= 11 is 6.02. The van der Waals surface area contributed by atoms with E-state index in [1.54, 1.807) is 28.8 Å². The zero-order chi connectivity index (χ0) is 17.1. The zero-order valence-corrected chi connectivity index (χ0v) is 13.5. The van der Waals surface area contributed by atoms with Crippen molar-refractivity contribution in [3.05, 3.63) is 64.9 Å². The molecular weight excluding hydrogens is 328 g/mol. The van der Waals surface area contributed by atoms with Gasteiger partial charge in [-0.1, -0.05) is 35.9 Å². The van der Waals surface area contributed by atoms with Gasteiger partial charge in [0.1, 0.15) is 12.4 Å².